The lowest BCUT2D eigenvalue weighted by Crippen LogP contribution is -2.23. The van der Waals surface area contributed by atoms with E-state index in [1.807, 2.05) is 12.1 Å². The molecule has 12 heavy (non-hydrogen) atoms. The van der Waals surface area contributed by atoms with Crippen LogP contribution in [0.25, 0.3) is 0 Å². The number of nitrogens with one attached hydrogen (secondary N) is 1. The molecule has 0 unspecified atom stereocenters. The van der Waals surface area contributed by atoms with E-state index in [-0.39, 0.29) is 12.4 Å². The van der Waals surface area contributed by atoms with Crippen LogP contribution in [0.15, 0.2) is 18.2 Å². The van der Waals surface area contributed by atoms with Gasteiger partial charge < -0.3 is 5.32 Å². The maximum atomic E-state index is 6.01. The van der Waals surface area contributed by atoms with Gasteiger partial charge in [0.1, 0.15) is 0 Å². The van der Waals surface area contributed by atoms with Gasteiger partial charge in [-0.2, -0.15) is 0 Å². The molecule has 0 fully saturated rings. The number of rotatable bonds is 0. The number of hydrogen-bond donors (Lipinski definition) is 1. The van der Waals surface area contributed by atoms with E-state index in [2.05, 4.69) is 11.4 Å². The minimum atomic E-state index is 0. The summed E-state index contributed by atoms with van der Waals surface area (Å²) >= 11 is 6.01. The van der Waals surface area contributed by atoms with Gasteiger partial charge in [-0.15, -0.1) is 12.4 Å². The molecule has 66 valence electrons. The average Bonchev–Trinajstić information content (AvgIpc) is 2.06. The third-order valence-corrected chi connectivity index (χ3v) is 2.44. The highest BCUT2D eigenvalue weighted by Gasteiger charge is 2.09. The van der Waals surface area contributed by atoms with Crippen molar-refractivity contribution < 1.29 is 0 Å². The van der Waals surface area contributed by atoms with E-state index in [0.717, 1.165) is 24.5 Å². The molecule has 0 radical (unpaired) electrons. The Morgan fingerprint density at radius 2 is 2.17 bits per heavy atom. The Morgan fingerprint density at radius 1 is 1.33 bits per heavy atom. The van der Waals surface area contributed by atoms with Crippen molar-refractivity contribution in [2.45, 2.75) is 13.0 Å². The van der Waals surface area contributed by atoms with Crippen molar-refractivity contribution in [2.75, 3.05) is 6.54 Å². The Labute approximate surface area is 83.5 Å². The minimum Gasteiger partial charge on any atom is -0.312 e. The molecule has 0 saturated carbocycles. The summed E-state index contributed by atoms with van der Waals surface area (Å²) in [6.07, 6.45) is 1.06. The summed E-state index contributed by atoms with van der Waals surface area (Å²) in [5.41, 5.74) is 2.68. The van der Waals surface area contributed by atoms with Crippen LogP contribution < -0.4 is 5.32 Å². The van der Waals surface area contributed by atoms with Gasteiger partial charge in [-0.3, -0.25) is 0 Å². The first kappa shape index (κ1) is 9.85. The summed E-state index contributed by atoms with van der Waals surface area (Å²) in [4.78, 5) is 0. The summed E-state index contributed by atoms with van der Waals surface area (Å²) in [6.45, 7) is 2.02. The standard InChI is InChI=1S/C9H10ClN.ClH/c10-9-3-1-2-7-6-11-5-4-8(7)9;/h1-3,11H,4-6H2;1H. The second-order valence-corrected chi connectivity index (χ2v) is 3.21. The molecule has 1 aliphatic rings. The molecule has 0 aromatic heterocycles. The van der Waals surface area contributed by atoms with Gasteiger partial charge in [-0.1, -0.05) is 23.7 Å². The highest BCUT2D eigenvalue weighted by Crippen LogP contribution is 2.22. The van der Waals surface area contributed by atoms with Crippen LogP contribution in [0.3, 0.4) is 0 Å². The fraction of sp³-hybridized carbons (Fsp3) is 0.333. The van der Waals surface area contributed by atoms with Gasteiger partial charge in [0.15, 0.2) is 0 Å². The number of hydrogen-bond acceptors (Lipinski definition) is 1. The normalized spacial score (nSPS) is 14.8. The lowest BCUT2D eigenvalue weighted by atomic mass is 10.0. The summed E-state index contributed by atoms with van der Waals surface area (Å²) in [5, 5.41) is 4.23. The monoisotopic (exact) mass is 203 g/mol. The molecule has 1 heterocycles. The summed E-state index contributed by atoms with van der Waals surface area (Å²) in [6, 6.07) is 6.10. The zero-order chi connectivity index (χ0) is 7.68. The molecule has 0 aliphatic carbocycles. The average molecular weight is 204 g/mol. The second kappa shape index (κ2) is 4.13. The van der Waals surface area contributed by atoms with Crippen LogP contribution in [0.2, 0.25) is 5.02 Å². The fourth-order valence-electron chi connectivity index (χ4n) is 1.49. The first-order valence-electron chi connectivity index (χ1n) is 3.85. The molecule has 0 bridgehead atoms. The van der Waals surface area contributed by atoms with Crippen LogP contribution in [0.1, 0.15) is 11.1 Å². The van der Waals surface area contributed by atoms with Crippen LogP contribution in [0.5, 0.6) is 0 Å². The second-order valence-electron chi connectivity index (χ2n) is 2.80. The molecule has 0 amide bonds. The van der Waals surface area contributed by atoms with E-state index < -0.39 is 0 Å². The van der Waals surface area contributed by atoms with Gasteiger partial charge in [0.25, 0.3) is 0 Å². The minimum absolute atomic E-state index is 0. The quantitative estimate of drug-likeness (QED) is 0.684. The van der Waals surface area contributed by atoms with Gasteiger partial charge in [0.2, 0.25) is 0 Å². The molecule has 0 atom stereocenters. The van der Waals surface area contributed by atoms with Crippen LogP contribution in [0.4, 0.5) is 0 Å². The number of benzene rings is 1. The van der Waals surface area contributed by atoms with Crippen LogP contribution >= 0.6 is 24.0 Å². The van der Waals surface area contributed by atoms with Crippen molar-refractivity contribution >= 4 is 24.0 Å². The third-order valence-electron chi connectivity index (χ3n) is 2.08. The lowest BCUT2D eigenvalue weighted by molar-refractivity contribution is 0.644. The lowest BCUT2D eigenvalue weighted by Gasteiger charge is -2.17. The summed E-state index contributed by atoms with van der Waals surface area (Å²) in [5.74, 6) is 0. The molecule has 0 spiro atoms. The third kappa shape index (κ3) is 1.74. The summed E-state index contributed by atoms with van der Waals surface area (Å²) in [7, 11) is 0. The van der Waals surface area contributed by atoms with Crippen molar-refractivity contribution in [3.63, 3.8) is 0 Å². The molecule has 1 aromatic carbocycles. The molecule has 3 heteroatoms. The summed E-state index contributed by atoms with van der Waals surface area (Å²) < 4.78 is 0. The van der Waals surface area contributed by atoms with E-state index in [0.29, 0.717) is 0 Å². The molecular weight excluding hydrogens is 193 g/mol. The predicted molar refractivity (Wildman–Crippen MR) is 54.1 cm³/mol. The highest BCUT2D eigenvalue weighted by atomic mass is 35.5. The largest absolute Gasteiger partial charge is 0.312 e. The molecule has 1 aliphatic heterocycles. The first-order chi connectivity index (χ1) is 5.38. The van der Waals surface area contributed by atoms with E-state index in [4.69, 9.17) is 11.6 Å². The van der Waals surface area contributed by atoms with Crippen LogP contribution in [0, 0.1) is 0 Å². The zero-order valence-electron chi connectivity index (χ0n) is 6.64. The molecule has 1 aromatic rings. The van der Waals surface area contributed by atoms with E-state index in [1.54, 1.807) is 0 Å². The molecule has 2 rings (SSSR count). The predicted octanol–water partition coefficient (Wildman–Crippen LogP) is 2.41. The Morgan fingerprint density at radius 3 is 2.92 bits per heavy atom. The maximum Gasteiger partial charge on any atom is 0.0441 e. The van der Waals surface area contributed by atoms with Crippen LogP contribution in [-0.4, -0.2) is 6.54 Å². The molecule has 1 N–H and O–H groups in total. The zero-order valence-corrected chi connectivity index (χ0v) is 8.21. The van der Waals surface area contributed by atoms with Gasteiger partial charge >= 0.3 is 0 Å². The fourth-order valence-corrected chi connectivity index (χ4v) is 1.77. The molecule has 1 nitrogen and oxygen atoms in total. The van der Waals surface area contributed by atoms with Gasteiger partial charge in [0, 0.05) is 11.6 Å². The smallest absolute Gasteiger partial charge is 0.0441 e. The van der Waals surface area contributed by atoms with E-state index >= 15 is 0 Å². The maximum absolute atomic E-state index is 6.01. The first-order valence-corrected chi connectivity index (χ1v) is 4.23. The van der Waals surface area contributed by atoms with Gasteiger partial charge in [0.05, 0.1) is 0 Å². The molecular formula is C9H11Cl2N. The Kier molecular flexibility index (Phi) is 3.39. The molecule has 0 saturated heterocycles. The van der Waals surface area contributed by atoms with Crippen molar-refractivity contribution in [1.29, 1.82) is 0 Å². The van der Waals surface area contributed by atoms with Gasteiger partial charge in [-0.25, -0.2) is 0 Å². The van der Waals surface area contributed by atoms with E-state index in [1.165, 1.54) is 11.1 Å². The topological polar surface area (TPSA) is 12.0 Å². The highest BCUT2D eigenvalue weighted by molar-refractivity contribution is 6.31. The number of fused-ring (bicyclic) bond motifs is 1. The number of halogens is 2. The Balaban J connectivity index is 0.000000720. The van der Waals surface area contributed by atoms with E-state index in [9.17, 15) is 0 Å². The van der Waals surface area contributed by atoms with Crippen molar-refractivity contribution in [3.05, 3.63) is 34.3 Å². The van der Waals surface area contributed by atoms with Crippen molar-refractivity contribution in [3.8, 4) is 0 Å². The van der Waals surface area contributed by atoms with Crippen molar-refractivity contribution in [2.24, 2.45) is 0 Å². The Bertz CT molecular complexity index is 273. The van der Waals surface area contributed by atoms with Gasteiger partial charge in [-0.05, 0) is 30.2 Å². The Hall–Kier alpha value is -0.240. The van der Waals surface area contributed by atoms with Crippen LogP contribution in [-0.2, 0) is 13.0 Å². The van der Waals surface area contributed by atoms with Crippen molar-refractivity contribution in [1.82, 2.24) is 5.32 Å². The SMILES string of the molecule is Cl.Clc1cccc2c1CCNC2.